The number of nitrogens with zero attached hydrogens (tertiary/aromatic N) is 1. The standard InChI is InChI=1S/C19H21NO4/c1-21-14-5-4-6-15(9-14)23-16-10-20(11-16)12-17-13-22-18-7-2-3-8-19(18)24-17/h2-9,16-17H,10-13H2,1H3/t17-/m1/s1. The zero-order chi connectivity index (χ0) is 16.4. The molecule has 2 heterocycles. The second-order valence-electron chi connectivity index (χ2n) is 6.13. The van der Waals surface area contributed by atoms with E-state index in [1.54, 1.807) is 7.11 Å². The fourth-order valence-corrected chi connectivity index (χ4v) is 3.05. The summed E-state index contributed by atoms with van der Waals surface area (Å²) < 4.78 is 22.9. The average molecular weight is 327 g/mol. The number of likely N-dealkylation sites (tertiary alicyclic amines) is 1. The zero-order valence-electron chi connectivity index (χ0n) is 13.7. The molecule has 4 rings (SSSR count). The SMILES string of the molecule is COc1cccc(OC2CN(C[C@@H]3COc4ccccc4O3)C2)c1. The molecule has 2 aromatic carbocycles. The minimum Gasteiger partial charge on any atom is -0.497 e. The molecule has 0 amide bonds. The van der Waals surface area contributed by atoms with Crippen molar-refractivity contribution >= 4 is 0 Å². The smallest absolute Gasteiger partial charge is 0.161 e. The predicted octanol–water partition coefficient (Wildman–Crippen LogP) is 2.60. The Labute approximate surface area is 141 Å². The molecule has 1 atom stereocenters. The van der Waals surface area contributed by atoms with Crippen LogP contribution in [0.15, 0.2) is 48.5 Å². The summed E-state index contributed by atoms with van der Waals surface area (Å²) in [5.41, 5.74) is 0. The van der Waals surface area contributed by atoms with Gasteiger partial charge in [-0.15, -0.1) is 0 Å². The summed E-state index contributed by atoms with van der Waals surface area (Å²) >= 11 is 0. The van der Waals surface area contributed by atoms with Crippen molar-refractivity contribution in [3.05, 3.63) is 48.5 Å². The van der Waals surface area contributed by atoms with Gasteiger partial charge >= 0.3 is 0 Å². The highest BCUT2D eigenvalue weighted by molar-refractivity contribution is 5.40. The van der Waals surface area contributed by atoms with E-state index in [1.807, 2.05) is 48.5 Å². The van der Waals surface area contributed by atoms with E-state index in [4.69, 9.17) is 18.9 Å². The van der Waals surface area contributed by atoms with Gasteiger partial charge in [0.05, 0.1) is 7.11 Å². The molecule has 126 valence electrons. The quantitative estimate of drug-likeness (QED) is 0.844. The van der Waals surface area contributed by atoms with Gasteiger partial charge in [-0.3, -0.25) is 4.90 Å². The summed E-state index contributed by atoms with van der Waals surface area (Å²) in [4.78, 5) is 2.33. The summed E-state index contributed by atoms with van der Waals surface area (Å²) in [5, 5.41) is 0. The van der Waals surface area contributed by atoms with Crippen LogP contribution in [0.1, 0.15) is 0 Å². The first-order valence-corrected chi connectivity index (χ1v) is 8.22. The van der Waals surface area contributed by atoms with Crippen molar-refractivity contribution in [2.45, 2.75) is 12.2 Å². The van der Waals surface area contributed by atoms with E-state index in [-0.39, 0.29) is 12.2 Å². The summed E-state index contributed by atoms with van der Waals surface area (Å²) in [6.07, 6.45) is 0.284. The molecule has 0 aliphatic carbocycles. The minimum atomic E-state index is 0.0673. The molecule has 2 aliphatic rings. The van der Waals surface area contributed by atoms with E-state index in [0.29, 0.717) is 6.61 Å². The molecule has 0 bridgehead atoms. The van der Waals surface area contributed by atoms with Crippen LogP contribution >= 0.6 is 0 Å². The molecule has 1 saturated heterocycles. The maximum Gasteiger partial charge on any atom is 0.161 e. The third-order valence-electron chi connectivity index (χ3n) is 4.30. The number of benzene rings is 2. The average Bonchev–Trinajstić information content (AvgIpc) is 2.60. The molecule has 2 aromatic rings. The van der Waals surface area contributed by atoms with Crippen molar-refractivity contribution in [2.75, 3.05) is 33.4 Å². The molecule has 1 fully saturated rings. The number of para-hydroxylation sites is 2. The number of fused-ring (bicyclic) bond motifs is 1. The minimum absolute atomic E-state index is 0.0673. The van der Waals surface area contributed by atoms with Gasteiger partial charge in [-0.05, 0) is 24.3 Å². The maximum atomic E-state index is 6.00. The van der Waals surface area contributed by atoms with Crippen LogP contribution in [0.2, 0.25) is 0 Å². The Morgan fingerprint density at radius 3 is 2.67 bits per heavy atom. The second-order valence-corrected chi connectivity index (χ2v) is 6.13. The molecule has 2 aliphatic heterocycles. The predicted molar refractivity (Wildman–Crippen MR) is 90.2 cm³/mol. The van der Waals surface area contributed by atoms with Crippen molar-refractivity contribution in [3.63, 3.8) is 0 Å². The van der Waals surface area contributed by atoms with Gasteiger partial charge in [0.2, 0.25) is 0 Å². The molecule has 5 nitrogen and oxygen atoms in total. The summed E-state index contributed by atoms with van der Waals surface area (Å²) in [6, 6.07) is 15.5. The Morgan fingerprint density at radius 1 is 1.04 bits per heavy atom. The van der Waals surface area contributed by atoms with Crippen LogP contribution in [-0.2, 0) is 0 Å². The van der Waals surface area contributed by atoms with Gasteiger partial charge in [-0.25, -0.2) is 0 Å². The lowest BCUT2D eigenvalue weighted by atomic mass is 10.1. The van der Waals surface area contributed by atoms with Gasteiger partial charge < -0.3 is 18.9 Å². The van der Waals surface area contributed by atoms with Gasteiger partial charge in [0.1, 0.15) is 30.3 Å². The van der Waals surface area contributed by atoms with Crippen LogP contribution in [0.25, 0.3) is 0 Å². The lowest BCUT2D eigenvalue weighted by molar-refractivity contribution is -0.0183. The number of hydrogen-bond acceptors (Lipinski definition) is 5. The normalized spacial score (nSPS) is 20.3. The van der Waals surface area contributed by atoms with E-state index in [1.165, 1.54) is 0 Å². The molecule has 5 heteroatoms. The highest BCUT2D eigenvalue weighted by Crippen LogP contribution is 2.31. The third kappa shape index (κ3) is 3.26. The molecule has 0 saturated carbocycles. The van der Waals surface area contributed by atoms with Gasteiger partial charge in [0, 0.05) is 25.7 Å². The van der Waals surface area contributed by atoms with Gasteiger partial charge in [-0.2, -0.15) is 0 Å². The van der Waals surface area contributed by atoms with Crippen LogP contribution in [-0.4, -0.2) is 50.5 Å². The monoisotopic (exact) mass is 327 g/mol. The van der Waals surface area contributed by atoms with Crippen LogP contribution in [0.3, 0.4) is 0 Å². The van der Waals surface area contributed by atoms with E-state index in [9.17, 15) is 0 Å². The van der Waals surface area contributed by atoms with Crippen molar-refractivity contribution in [2.24, 2.45) is 0 Å². The molecule has 24 heavy (non-hydrogen) atoms. The molecular formula is C19H21NO4. The van der Waals surface area contributed by atoms with Gasteiger partial charge in [0.25, 0.3) is 0 Å². The molecule has 0 aromatic heterocycles. The number of hydrogen-bond donors (Lipinski definition) is 0. The van der Waals surface area contributed by atoms with E-state index >= 15 is 0 Å². The Balaban J connectivity index is 1.25. The Morgan fingerprint density at radius 2 is 1.83 bits per heavy atom. The Bertz CT molecular complexity index is 699. The topological polar surface area (TPSA) is 40.2 Å². The van der Waals surface area contributed by atoms with Gasteiger partial charge in [-0.1, -0.05) is 18.2 Å². The lowest BCUT2D eigenvalue weighted by Crippen LogP contribution is -2.57. The summed E-state index contributed by atoms with van der Waals surface area (Å²) in [5.74, 6) is 3.33. The maximum absolute atomic E-state index is 6.00. The van der Waals surface area contributed by atoms with Gasteiger partial charge in [0.15, 0.2) is 11.5 Å². The fourth-order valence-electron chi connectivity index (χ4n) is 3.05. The summed E-state index contributed by atoms with van der Waals surface area (Å²) in [6.45, 7) is 3.25. The van der Waals surface area contributed by atoms with Crippen molar-refractivity contribution in [1.82, 2.24) is 4.90 Å². The van der Waals surface area contributed by atoms with E-state index < -0.39 is 0 Å². The largest absolute Gasteiger partial charge is 0.497 e. The van der Waals surface area contributed by atoms with Crippen LogP contribution < -0.4 is 18.9 Å². The third-order valence-corrected chi connectivity index (χ3v) is 4.30. The van der Waals surface area contributed by atoms with Crippen LogP contribution in [0.4, 0.5) is 0 Å². The first-order chi connectivity index (χ1) is 11.8. The number of ether oxygens (including phenoxy) is 4. The first-order valence-electron chi connectivity index (χ1n) is 8.22. The van der Waals surface area contributed by atoms with E-state index in [0.717, 1.165) is 42.6 Å². The van der Waals surface area contributed by atoms with Crippen LogP contribution in [0, 0.1) is 0 Å². The Kier molecular flexibility index (Phi) is 4.17. The first kappa shape index (κ1) is 15.1. The van der Waals surface area contributed by atoms with Crippen molar-refractivity contribution in [3.8, 4) is 23.0 Å². The number of methoxy groups -OCH3 is 1. The molecular weight excluding hydrogens is 306 g/mol. The Hall–Kier alpha value is -2.40. The van der Waals surface area contributed by atoms with Crippen molar-refractivity contribution < 1.29 is 18.9 Å². The zero-order valence-corrected chi connectivity index (χ0v) is 13.7. The molecule has 0 radical (unpaired) electrons. The molecule has 0 unspecified atom stereocenters. The van der Waals surface area contributed by atoms with E-state index in [2.05, 4.69) is 4.90 Å². The number of rotatable bonds is 5. The highest BCUT2D eigenvalue weighted by Gasteiger charge is 2.32. The fraction of sp³-hybridized carbons (Fsp3) is 0.368. The van der Waals surface area contributed by atoms with Crippen LogP contribution in [0.5, 0.6) is 23.0 Å². The molecule has 0 spiro atoms. The summed E-state index contributed by atoms with van der Waals surface area (Å²) in [7, 11) is 1.66. The van der Waals surface area contributed by atoms with Crippen molar-refractivity contribution in [1.29, 1.82) is 0 Å². The second kappa shape index (κ2) is 6.61. The molecule has 0 N–H and O–H groups in total. The lowest BCUT2D eigenvalue weighted by Gasteiger charge is -2.41. The highest BCUT2D eigenvalue weighted by atomic mass is 16.6.